The van der Waals surface area contributed by atoms with Crippen LogP contribution in [0.3, 0.4) is 0 Å². The molecule has 3 aromatic rings. The number of rotatable bonds is 5. The average molecular weight is 368 g/mol. The normalized spacial score (nSPS) is 16.8. The van der Waals surface area contributed by atoms with Crippen molar-refractivity contribution in [2.45, 2.75) is 38.8 Å². The fraction of sp³-hybridized carbons (Fsp3) is 0.350. The Labute approximate surface area is 156 Å². The van der Waals surface area contributed by atoms with Crippen LogP contribution in [0.5, 0.6) is 0 Å². The Hall–Kier alpha value is -2.96. The van der Waals surface area contributed by atoms with Crippen LogP contribution in [0.1, 0.15) is 41.7 Å². The molecule has 0 saturated carbocycles. The van der Waals surface area contributed by atoms with Gasteiger partial charge in [-0.2, -0.15) is 5.10 Å². The van der Waals surface area contributed by atoms with E-state index in [1.165, 1.54) is 12.1 Å². The fourth-order valence-electron chi connectivity index (χ4n) is 3.47. The molecule has 2 aromatic heterocycles. The molecule has 3 heterocycles. The topological polar surface area (TPSA) is 64.2 Å². The zero-order valence-corrected chi connectivity index (χ0v) is 15.1. The first-order chi connectivity index (χ1) is 13.1. The van der Waals surface area contributed by atoms with E-state index in [2.05, 4.69) is 10.1 Å². The summed E-state index contributed by atoms with van der Waals surface area (Å²) in [5.41, 5.74) is 1.98. The molecule has 1 amide bonds. The van der Waals surface area contributed by atoms with Gasteiger partial charge >= 0.3 is 0 Å². The molecular weight excluding hydrogens is 347 g/mol. The summed E-state index contributed by atoms with van der Waals surface area (Å²) in [5.74, 6) is 1.02. The van der Waals surface area contributed by atoms with E-state index in [1.54, 1.807) is 29.2 Å². The number of amides is 1. The molecule has 1 saturated heterocycles. The van der Waals surface area contributed by atoms with Crippen molar-refractivity contribution >= 4 is 5.91 Å². The second-order valence-corrected chi connectivity index (χ2v) is 6.93. The van der Waals surface area contributed by atoms with E-state index in [9.17, 15) is 9.18 Å². The van der Waals surface area contributed by atoms with Crippen LogP contribution >= 0.6 is 0 Å². The van der Waals surface area contributed by atoms with Gasteiger partial charge in [-0.15, -0.1) is 0 Å². The first kappa shape index (κ1) is 17.5. The Bertz CT molecular complexity index is 932. The minimum Gasteiger partial charge on any atom is -0.443 e. The molecule has 0 unspecified atom stereocenters. The second-order valence-electron chi connectivity index (χ2n) is 6.93. The van der Waals surface area contributed by atoms with Gasteiger partial charge in [-0.25, -0.2) is 9.37 Å². The molecule has 1 aliphatic heterocycles. The third-order valence-electron chi connectivity index (χ3n) is 4.78. The van der Waals surface area contributed by atoms with Gasteiger partial charge in [-0.1, -0.05) is 12.1 Å². The summed E-state index contributed by atoms with van der Waals surface area (Å²) >= 11 is 0. The van der Waals surface area contributed by atoms with Gasteiger partial charge in [0.25, 0.3) is 0 Å². The number of hydrogen-bond acceptors (Lipinski definition) is 4. The smallest absolute Gasteiger partial charge is 0.244 e. The number of hydrogen-bond donors (Lipinski definition) is 0. The van der Waals surface area contributed by atoms with E-state index in [-0.39, 0.29) is 24.3 Å². The van der Waals surface area contributed by atoms with Gasteiger partial charge in [0.05, 0.1) is 12.4 Å². The van der Waals surface area contributed by atoms with Crippen LogP contribution in [0.15, 0.2) is 47.3 Å². The lowest BCUT2D eigenvalue weighted by Gasteiger charge is -2.22. The second kappa shape index (κ2) is 7.34. The molecule has 0 N–H and O–H groups in total. The monoisotopic (exact) mass is 368 g/mol. The van der Waals surface area contributed by atoms with Crippen LogP contribution in [-0.4, -0.2) is 32.1 Å². The molecular formula is C20H21FN4O2. The van der Waals surface area contributed by atoms with Crippen molar-refractivity contribution in [2.75, 3.05) is 6.54 Å². The number of halogens is 1. The fourth-order valence-corrected chi connectivity index (χ4v) is 3.47. The highest BCUT2D eigenvalue weighted by atomic mass is 19.1. The molecule has 1 aliphatic rings. The number of benzene rings is 1. The highest BCUT2D eigenvalue weighted by molar-refractivity contribution is 5.76. The first-order valence-corrected chi connectivity index (χ1v) is 9.06. The lowest BCUT2D eigenvalue weighted by molar-refractivity contribution is -0.133. The van der Waals surface area contributed by atoms with E-state index >= 15 is 0 Å². The van der Waals surface area contributed by atoms with E-state index in [1.807, 2.05) is 18.0 Å². The zero-order chi connectivity index (χ0) is 18.8. The van der Waals surface area contributed by atoms with Crippen molar-refractivity contribution in [3.05, 3.63) is 71.5 Å². The van der Waals surface area contributed by atoms with Crippen LogP contribution in [0, 0.1) is 12.7 Å². The highest BCUT2D eigenvalue weighted by Crippen LogP contribution is 2.32. The van der Waals surface area contributed by atoms with Crippen molar-refractivity contribution in [1.29, 1.82) is 0 Å². The summed E-state index contributed by atoms with van der Waals surface area (Å²) in [6.07, 6.45) is 7.58. The van der Waals surface area contributed by atoms with Crippen molar-refractivity contribution in [2.24, 2.45) is 0 Å². The van der Waals surface area contributed by atoms with Gasteiger partial charge in [-0.3, -0.25) is 9.48 Å². The minimum atomic E-state index is -0.260. The molecule has 0 radical (unpaired) electrons. The van der Waals surface area contributed by atoms with Crippen LogP contribution in [0.4, 0.5) is 4.39 Å². The molecule has 4 rings (SSSR count). The van der Waals surface area contributed by atoms with Gasteiger partial charge < -0.3 is 9.32 Å². The number of likely N-dealkylation sites (tertiary alicyclic amines) is 1. The van der Waals surface area contributed by atoms with Gasteiger partial charge in [0.2, 0.25) is 11.8 Å². The number of carbonyl (C=O) groups excluding carboxylic acids is 1. The predicted octanol–water partition coefficient (Wildman–Crippen LogP) is 3.27. The maximum atomic E-state index is 13.0. The quantitative estimate of drug-likeness (QED) is 0.693. The largest absolute Gasteiger partial charge is 0.443 e. The summed E-state index contributed by atoms with van der Waals surface area (Å²) in [6, 6.07) is 6.18. The standard InChI is InChI=1S/C20H21FN4O2/c1-14-10-23-24(12-14)13-19(26)25-8-2-3-18(25)20-22-11-17(27-20)9-15-4-6-16(21)7-5-15/h4-7,10-12,18H,2-3,8-9,13H2,1H3/t18-/m1/s1. The molecule has 0 bridgehead atoms. The lowest BCUT2D eigenvalue weighted by atomic mass is 10.1. The van der Waals surface area contributed by atoms with Crippen molar-refractivity contribution in [3.63, 3.8) is 0 Å². The number of oxazole rings is 1. The molecule has 7 heteroatoms. The predicted molar refractivity (Wildman–Crippen MR) is 96.4 cm³/mol. The molecule has 140 valence electrons. The van der Waals surface area contributed by atoms with Crippen molar-refractivity contribution in [1.82, 2.24) is 19.7 Å². The van der Waals surface area contributed by atoms with Crippen molar-refractivity contribution < 1.29 is 13.6 Å². The Morgan fingerprint density at radius 3 is 2.85 bits per heavy atom. The Kier molecular flexibility index (Phi) is 4.75. The number of nitrogens with zero attached hydrogens (tertiary/aromatic N) is 4. The van der Waals surface area contributed by atoms with E-state index < -0.39 is 0 Å². The summed E-state index contributed by atoms with van der Waals surface area (Å²) in [5, 5.41) is 4.19. The zero-order valence-electron chi connectivity index (χ0n) is 15.1. The summed E-state index contributed by atoms with van der Waals surface area (Å²) < 4.78 is 20.6. The summed E-state index contributed by atoms with van der Waals surface area (Å²) in [6.45, 7) is 2.86. The summed E-state index contributed by atoms with van der Waals surface area (Å²) in [7, 11) is 0. The van der Waals surface area contributed by atoms with Crippen LogP contribution in [-0.2, 0) is 17.8 Å². The van der Waals surface area contributed by atoms with Gasteiger partial charge in [0.1, 0.15) is 24.2 Å². The minimum absolute atomic E-state index is 0.0129. The average Bonchev–Trinajstić information content (AvgIpc) is 3.37. The van der Waals surface area contributed by atoms with Crippen LogP contribution < -0.4 is 0 Å². The van der Waals surface area contributed by atoms with Gasteiger partial charge in [0.15, 0.2) is 0 Å². The van der Waals surface area contributed by atoms with Crippen LogP contribution in [0.25, 0.3) is 0 Å². The molecule has 1 aromatic carbocycles. The maximum absolute atomic E-state index is 13.0. The number of aryl methyl sites for hydroxylation is 1. The van der Waals surface area contributed by atoms with Gasteiger partial charge in [0, 0.05) is 19.2 Å². The molecule has 0 spiro atoms. The number of carbonyl (C=O) groups is 1. The SMILES string of the molecule is Cc1cnn(CC(=O)N2CCC[C@@H]2c2ncc(Cc3ccc(F)cc3)o2)c1. The maximum Gasteiger partial charge on any atom is 0.244 e. The number of aromatic nitrogens is 3. The van der Waals surface area contributed by atoms with Crippen LogP contribution in [0.2, 0.25) is 0 Å². The first-order valence-electron chi connectivity index (χ1n) is 9.06. The van der Waals surface area contributed by atoms with Crippen molar-refractivity contribution in [3.8, 4) is 0 Å². The molecule has 1 fully saturated rings. The summed E-state index contributed by atoms with van der Waals surface area (Å²) in [4.78, 5) is 18.9. The molecule has 1 atom stereocenters. The third kappa shape index (κ3) is 3.92. The van der Waals surface area contributed by atoms with E-state index in [4.69, 9.17) is 4.42 Å². The Morgan fingerprint density at radius 2 is 2.11 bits per heavy atom. The molecule has 0 aliphatic carbocycles. The van der Waals surface area contributed by atoms with E-state index in [0.717, 1.165) is 24.0 Å². The van der Waals surface area contributed by atoms with Gasteiger partial charge in [-0.05, 0) is 43.0 Å². The lowest BCUT2D eigenvalue weighted by Crippen LogP contribution is -2.33. The molecule has 6 nitrogen and oxygen atoms in total. The Morgan fingerprint density at radius 1 is 1.30 bits per heavy atom. The Balaban J connectivity index is 1.45. The third-order valence-corrected chi connectivity index (χ3v) is 4.78. The van der Waals surface area contributed by atoms with E-state index in [0.29, 0.717) is 24.6 Å². The molecule has 27 heavy (non-hydrogen) atoms. The highest BCUT2D eigenvalue weighted by Gasteiger charge is 2.33.